The SMILES string of the molecule is CC(N)Cc1cccc(F)c1OC(C)C(=O)O. The highest BCUT2D eigenvalue weighted by Gasteiger charge is 2.18. The Morgan fingerprint density at radius 3 is 2.71 bits per heavy atom. The average Bonchev–Trinajstić information content (AvgIpc) is 2.22. The van der Waals surface area contributed by atoms with Gasteiger partial charge >= 0.3 is 5.97 Å². The third kappa shape index (κ3) is 3.71. The Labute approximate surface area is 99.2 Å². The van der Waals surface area contributed by atoms with Crippen LogP contribution in [-0.4, -0.2) is 23.2 Å². The quantitative estimate of drug-likeness (QED) is 0.820. The molecule has 5 heteroatoms. The Hall–Kier alpha value is -1.62. The molecule has 2 unspecified atom stereocenters. The smallest absolute Gasteiger partial charge is 0.344 e. The van der Waals surface area contributed by atoms with Gasteiger partial charge in [0.1, 0.15) is 0 Å². The summed E-state index contributed by atoms with van der Waals surface area (Å²) in [5, 5.41) is 8.73. The average molecular weight is 241 g/mol. The fourth-order valence-electron chi connectivity index (χ4n) is 1.42. The van der Waals surface area contributed by atoms with E-state index >= 15 is 0 Å². The molecule has 2 atom stereocenters. The molecular formula is C12H16FNO3. The summed E-state index contributed by atoms with van der Waals surface area (Å²) in [6.07, 6.45) is -0.668. The molecule has 0 spiro atoms. The molecule has 0 amide bonds. The number of hydrogen-bond donors (Lipinski definition) is 2. The fraction of sp³-hybridized carbons (Fsp3) is 0.417. The van der Waals surface area contributed by atoms with E-state index in [1.807, 2.05) is 0 Å². The van der Waals surface area contributed by atoms with Crippen molar-refractivity contribution in [3.05, 3.63) is 29.6 Å². The molecule has 0 heterocycles. The highest BCUT2D eigenvalue weighted by Crippen LogP contribution is 2.25. The van der Waals surface area contributed by atoms with E-state index in [0.717, 1.165) is 0 Å². The van der Waals surface area contributed by atoms with Crippen LogP contribution in [0, 0.1) is 5.82 Å². The van der Waals surface area contributed by atoms with Gasteiger partial charge < -0.3 is 15.6 Å². The normalized spacial score (nSPS) is 14.1. The first kappa shape index (κ1) is 13.4. The molecule has 1 aromatic carbocycles. The molecule has 4 nitrogen and oxygen atoms in total. The summed E-state index contributed by atoms with van der Waals surface area (Å²) in [7, 11) is 0. The van der Waals surface area contributed by atoms with E-state index in [1.54, 1.807) is 19.1 Å². The minimum absolute atomic E-state index is 0.0281. The third-order valence-electron chi connectivity index (χ3n) is 2.23. The van der Waals surface area contributed by atoms with Crippen LogP contribution >= 0.6 is 0 Å². The highest BCUT2D eigenvalue weighted by atomic mass is 19.1. The third-order valence-corrected chi connectivity index (χ3v) is 2.23. The maximum Gasteiger partial charge on any atom is 0.344 e. The van der Waals surface area contributed by atoms with Crippen molar-refractivity contribution in [2.24, 2.45) is 5.73 Å². The number of ether oxygens (including phenoxy) is 1. The molecule has 0 saturated carbocycles. The number of carbonyl (C=O) groups is 1. The number of carboxylic acid groups (broad SMARTS) is 1. The molecule has 0 aliphatic heterocycles. The molecule has 0 bridgehead atoms. The first-order valence-corrected chi connectivity index (χ1v) is 5.34. The predicted molar refractivity (Wildman–Crippen MR) is 61.5 cm³/mol. The van der Waals surface area contributed by atoms with Crippen LogP contribution in [0.4, 0.5) is 4.39 Å². The summed E-state index contributed by atoms with van der Waals surface area (Å²) in [5.74, 6) is -1.74. The topological polar surface area (TPSA) is 72.5 Å². The van der Waals surface area contributed by atoms with E-state index in [9.17, 15) is 9.18 Å². The Morgan fingerprint density at radius 2 is 2.18 bits per heavy atom. The molecule has 1 aromatic rings. The molecular weight excluding hydrogens is 225 g/mol. The zero-order valence-electron chi connectivity index (χ0n) is 9.81. The lowest BCUT2D eigenvalue weighted by Crippen LogP contribution is -2.25. The van der Waals surface area contributed by atoms with Gasteiger partial charge in [-0.05, 0) is 31.9 Å². The first-order chi connectivity index (χ1) is 7.91. The summed E-state index contributed by atoms with van der Waals surface area (Å²) in [5.41, 5.74) is 6.22. The second kappa shape index (κ2) is 5.63. The van der Waals surface area contributed by atoms with Crippen molar-refractivity contribution in [3.63, 3.8) is 0 Å². The molecule has 0 saturated heterocycles. The van der Waals surface area contributed by atoms with Gasteiger partial charge in [-0.2, -0.15) is 0 Å². The Bertz CT molecular complexity index is 407. The van der Waals surface area contributed by atoms with Crippen LogP contribution in [-0.2, 0) is 11.2 Å². The second-order valence-corrected chi connectivity index (χ2v) is 4.01. The number of rotatable bonds is 5. The lowest BCUT2D eigenvalue weighted by atomic mass is 10.1. The number of benzene rings is 1. The monoisotopic (exact) mass is 241 g/mol. The lowest BCUT2D eigenvalue weighted by Gasteiger charge is -2.16. The summed E-state index contributed by atoms with van der Waals surface area (Å²) < 4.78 is 18.7. The number of carboxylic acids is 1. The molecule has 3 N–H and O–H groups in total. The number of para-hydroxylation sites is 1. The Kier molecular flexibility index (Phi) is 4.45. The molecule has 0 aliphatic carbocycles. The van der Waals surface area contributed by atoms with Crippen molar-refractivity contribution < 1.29 is 19.0 Å². The highest BCUT2D eigenvalue weighted by molar-refractivity contribution is 5.72. The minimum Gasteiger partial charge on any atom is -0.479 e. The summed E-state index contributed by atoms with van der Waals surface area (Å²) in [4.78, 5) is 10.7. The minimum atomic E-state index is -1.14. The van der Waals surface area contributed by atoms with Crippen LogP contribution in [0.25, 0.3) is 0 Å². The summed E-state index contributed by atoms with van der Waals surface area (Å²) >= 11 is 0. The number of aliphatic carboxylic acids is 1. The van der Waals surface area contributed by atoms with Gasteiger partial charge in [-0.3, -0.25) is 0 Å². The van der Waals surface area contributed by atoms with E-state index in [4.69, 9.17) is 15.6 Å². The standard InChI is InChI=1S/C12H16FNO3/c1-7(14)6-9-4-3-5-10(13)11(9)17-8(2)12(15)16/h3-5,7-8H,6,14H2,1-2H3,(H,15,16). The van der Waals surface area contributed by atoms with Crippen molar-refractivity contribution in [2.75, 3.05) is 0 Å². The van der Waals surface area contributed by atoms with Crippen LogP contribution in [0.1, 0.15) is 19.4 Å². The first-order valence-electron chi connectivity index (χ1n) is 5.34. The van der Waals surface area contributed by atoms with E-state index in [0.29, 0.717) is 12.0 Å². The van der Waals surface area contributed by atoms with Crippen LogP contribution in [0.2, 0.25) is 0 Å². The van der Waals surface area contributed by atoms with E-state index < -0.39 is 17.9 Å². The van der Waals surface area contributed by atoms with Gasteiger partial charge in [0, 0.05) is 6.04 Å². The predicted octanol–water partition coefficient (Wildman–Crippen LogP) is 1.57. The number of halogens is 1. The van der Waals surface area contributed by atoms with Crippen LogP contribution in [0.3, 0.4) is 0 Å². The van der Waals surface area contributed by atoms with Gasteiger partial charge in [-0.15, -0.1) is 0 Å². The largest absolute Gasteiger partial charge is 0.479 e. The zero-order valence-corrected chi connectivity index (χ0v) is 9.81. The maximum atomic E-state index is 13.6. The summed E-state index contributed by atoms with van der Waals surface area (Å²) in [6.45, 7) is 3.14. The van der Waals surface area contributed by atoms with Gasteiger partial charge in [0.15, 0.2) is 17.7 Å². The van der Waals surface area contributed by atoms with Crippen LogP contribution < -0.4 is 10.5 Å². The number of hydrogen-bond acceptors (Lipinski definition) is 3. The van der Waals surface area contributed by atoms with Crippen molar-refractivity contribution in [1.29, 1.82) is 0 Å². The zero-order chi connectivity index (χ0) is 13.0. The molecule has 0 fully saturated rings. The van der Waals surface area contributed by atoms with Gasteiger partial charge in [-0.1, -0.05) is 12.1 Å². The molecule has 0 radical (unpaired) electrons. The van der Waals surface area contributed by atoms with Gasteiger partial charge in [-0.25, -0.2) is 9.18 Å². The van der Waals surface area contributed by atoms with E-state index in [2.05, 4.69) is 0 Å². The van der Waals surface area contributed by atoms with Crippen molar-refractivity contribution in [3.8, 4) is 5.75 Å². The molecule has 0 aliphatic rings. The van der Waals surface area contributed by atoms with Gasteiger partial charge in [0.25, 0.3) is 0 Å². The van der Waals surface area contributed by atoms with Crippen molar-refractivity contribution in [1.82, 2.24) is 0 Å². The fourth-order valence-corrected chi connectivity index (χ4v) is 1.42. The second-order valence-electron chi connectivity index (χ2n) is 4.01. The van der Waals surface area contributed by atoms with Gasteiger partial charge in [0.05, 0.1) is 0 Å². The summed E-state index contributed by atoms with van der Waals surface area (Å²) in [6, 6.07) is 4.30. The van der Waals surface area contributed by atoms with Crippen molar-refractivity contribution in [2.45, 2.75) is 32.4 Å². The van der Waals surface area contributed by atoms with E-state index in [-0.39, 0.29) is 11.8 Å². The van der Waals surface area contributed by atoms with Crippen LogP contribution in [0.15, 0.2) is 18.2 Å². The number of nitrogens with two attached hydrogens (primary N) is 1. The lowest BCUT2D eigenvalue weighted by molar-refractivity contribution is -0.144. The Morgan fingerprint density at radius 1 is 1.53 bits per heavy atom. The van der Waals surface area contributed by atoms with Crippen molar-refractivity contribution >= 4 is 5.97 Å². The molecule has 1 rings (SSSR count). The molecule has 94 valence electrons. The van der Waals surface area contributed by atoms with Crippen LogP contribution in [0.5, 0.6) is 5.75 Å². The molecule has 17 heavy (non-hydrogen) atoms. The van der Waals surface area contributed by atoms with Gasteiger partial charge in [0.2, 0.25) is 0 Å². The Balaban J connectivity index is 2.99. The molecule has 0 aromatic heterocycles. The maximum absolute atomic E-state index is 13.6. The van der Waals surface area contributed by atoms with E-state index in [1.165, 1.54) is 13.0 Å².